The molecule has 0 nitrogen and oxygen atoms in total. The molecule has 8 aromatic rings. The van der Waals surface area contributed by atoms with Crippen molar-refractivity contribution in [3.8, 4) is 44.5 Å². The van der Waals surface area contributed by atoms with Crippen LogP contribution in [-0.4, -0.2) is 0 Å². The average Bonchev–Trinajstić information content (AvgIpc) is 3.32. The molecule has 0 bridgehead atoms. The summed E-state index contributed by atoms with van der Waals surface area (Å²) in [4.78, 5) is 0. The van der Waals surface area contributed by atoms with Crippen LogP contribution in [0.15, 0.2) is 169 Å². The summed E-state index contributed by atoms with van der Waals surface area (Å²) in [6.45, 7) is 0. The van der Waals surface area contributed by atoms with Crippen molar-refractivity contribution in [3.63, 3.8) is 0 Å². The first-order valence-electron chi connectivity index (χ1n) is 26.2. The Bertz CT molecular complexity index is 3740. The molecule has 0 radical (unpaired) electrons. The molecule has 0 fully saturated rings. The van der Waals surface area contributed by atoms with E-state index in [9.17, 15) is 11.0 Å². The highest BCUT2D eigenvalue weighted by molar-refractivity contribution is 6.22. The van der Waals surface area contributed by atoms with Crippen molar-refractivity contribution in [2.24, 2.45) is 0 Å². The first-order valence-corrected chi connectivity index (χ1v) is 12.2. The summed E-state index contributed by atoms with van der Waals surface area (Å²) in [5, 5.41) is -4.57. The van der Waals surface area contributed by atoms with Gasteiger partial charge in [-0.15, -0.1) is 0 Å². The molecular weight excluding hydrogens is 504 g/mol. The van der Waals surface area contributed by atoms with E-state index in [0.29, 0.717) is 0 Å². The SMILES string of the molecule is [2H]c1c([2H])c([2H])c(-c2c([2H])c([2H])c([2H])c(-c3c4c([2H])c([2H])c([2H])c([2H])c4c(-c4c([2H])c([2H])c([2H])c([2H])c4[2H])c4c([2H])c([2H])c(-c5c([2H])c([2H])c6c([2H])c([2H])c([2H])c([2H])c6c5[2H])c([2H])c34)c2[2H])c([2H])c1[2H]. The molecule has 0 unspecified atom stereocenters. The molecule has 0 amide bonds. The van der Waals surface area contributed by atoms with Crippen LogP contribution < -0.4 is 0 Å². The van der Waals surface area contributed by atoms with Crippen LogP contribution in [0.5, 0.6) is 0 Å². The maximum Gasteiger partial charge on any atom is 0.0636 e. The van der Waals surface area contributed by atoms with Gasteiger partial charge in [0.15, 0.2) is 0 Å². The Morgan fingerprint density at radius 2 is 0.762 bits per heavy atom. The minimum absolute atomic E-state index is 0.600. The Labute approximate surface area is 285 Å². The van der Waals surface area contributed by atoms with Gasteiger partial charge in [-0.2, -0.15) is 0 Å². The molecule has 0 saturated carbocycles. The van der Waals surface area contributed by atoms with Crippen molar-refractivity contribution >= 4 is 32.3 Å². The molecule has 8 aromatic carbocycles. The van der Waals surface area contributed by atoms with Crippen LogP contribution >= 0.6 is 0 Å². The van der Waals surface area contributed by atoms with Crippen LogP contribution in [0.2, 0.25) is 0 Å². The fraction of sp³-hybridized carbons (Fsp3) is 0. The lowest BCUT2D eigenvalue weighted by atomic mass is 9.84. The minimum Gasteiger partial charge on any atom is -0.0622 e. The molecule has 8 rings (SSSR count). The largest absolute Gasteiger partial charge is 0.0636 e. The van der Waals surface area contributed by atoms with Gasteiger partial charge >= 0.3 is 0 Å². The number of hydrogen-bond acceptors (Lipinski definition) is 0. The van der Waals surface area contributed by atoms with Crippen LogP contribution in [0, 0.1) is 0 Å². The zero-order valence-electron chi connectivity index (χ0n) is 49.0. The Kier molecular flexibility index (Phi) is 2.19. The molecular formula is C42H28. The maximum atomic E-state index is 10.0. The molecule has 0 aliphatic heterocycles. The summed E-state index contributed by atoms with van der Waals surface area (Å²) in [5.74, 6) is 0. The number of rotatable bonds is 4. The quantitative estimate of drug-likeness (QED) is 0.188. The van der Waals surface area contributed by atoms with Gasteiger partial charge in [0.1, 0.15) is 0 Å². The standard InChI is InChI=1S/C42H28/c1-3-12-29(13-4-1)33-18-11-19-36(27-33)42-38-21-10-9-20-37(38)41(31-15-5-2-6-16-31)39-25-24-35(28-40(39)42)34-23-22-30-14-7-8-17-32(30)26-34/h1-28H/i1D,2D,3D,4D,5D,6D,7D,8D,9D,10D,11D,12D,13D,14D,15D,16D,17D,18D,19D,20D,21D,22D,23D,24D,25D,26D,27D,28D. The van der Waals surface area contributed by atoms with E-state index in [0.717, 1.165) is 0 Å². The number of hydrogen-bond donors (Lipinski definition) is 0. The summed E-state index contributed by atoms with van der Waals surface area (Å²) in [7, 11) is 0. The van der Waals surface area contributed by atoms with Crippen molar-refractivity contribution in [3.05, 3.63) is 169 Å². The highest BCUT2D eigenvalue weighted by Crippen LogP contribution is 2.45. The molecule has 0 heterocycles. The Hall–Kier alpha value is -5.46. The molecule has 0 N–H and O–H groups in total. The normalized spacial score (nSPS) is 20.7. The summed E-state index contributed by atoms with van der Waals surface area (Å²) < 4.78 is 249. The Morgan fingerprint density at radius 3 is 1.52 bits per heavy atom. The molecule has 42 heavy (non-hydrogen) atoms. The molecule has 0 spiro atoms. The monoisotopic (exact) mass is 560 g/mol. The molecule has 0 aromatic heterocycles. The minimum atomic E-state index is -1.12. The second-order valence-corrected chi connectivity index (χ2v) is 8.75. The van der Waals surface area contributed by atoms with Gasteiger partial charge in [0.05, 0.1) is 38.4 Å². The van der Waals surface area contributed by atoms with Crippen LogP contribution in [0.1, 0.15) is 38.4 Å². The summed E-state index contributed by atoms with van der Waals surface area (Å²) in [6.07, 6.45) is 0. The zero-order valence-corrected chi connectivity index (χ0v) is 21.0. The van der Waals surface area contributed by atoms with Gasteiger partial charge in [0.25, 0.3) is 0 Å². The lowest BCUT2D eigenvalue weighted by Gasteiger charge is -2.19. The summed E-state index contributed by atoms with van der Waals surface area (Å²) in [5.41, 5.74) is -6.93. The van der Waals surface area contributed by atoms with Gasteiger partial charge in [-0.05, 0) is 95.0 Å². The van der Waals surface area contributed by atoms with E-state index in [-0.39, 0.29) is 0 Å². The van der Waals surface area contributed by atoms with Crippen LogP contribution in [0.4, 0.5) is 0 Å². The molecule has 0 aliphatic rings. The third-order valence-electron chi connectivity index (χ3n) is 6.38. The van der Waals surface area contributed by atoms with Gasteiger partial charge in [0, 0.05) is 0 Å². The first-order chi connectivity index (χ1) is 32.5. The average molecular weight is 561 g/mol. The Balaban J connectivity index is 1.80. The van der Waals surface area contributed by atoms with Gasteiger partial charge in [-0.1, -0.05) is 151 Å². The smallest absolute Gasteiger partial charge is 0.0622 e. The topological polar surface area (TPSA) is 0 Å². The second kappa shape index (κ2) is 10.2. The van der Waals surface area contributed by atoms with Gasteiger partial charge < -0.3 is 0 Å². The molecule has 0 saturated heterocycles. The van der Waals surface area contributed by atoms with Crippen molar-refractivity contribution in [1.82, 2.24) is 0 Å². The maximum absolute atomic E-state index is 10.0. The summed E-state index contributed by atoms with van der Waals surface area (Å²) >= 11 is 0. The molecule has 0 atom stereocenters. The van der Waals surface area contributed by atoms with E-state index in [1.165, 1.54) is 0 Å². The molecule has 0 aliphatic carbocycles. The van der Waals surface area contributed by atoms with Crippen molar-refractivity contribution in [1.29, 1.82) is 0 Å². The summed E-state index contributed by atoms with van der Waals surface area (Å²) in [6, 6.07) is -27.9. The van der Waals surface area contributed by atoms with E-state index in [4.69, 9.17) is 27.4 Å². The van der Waals surface area contributed by atoms with Gasteiger partial charge in [-0.25, -0.2) is 0 Å². The predicted molar refractivity (Wildman–Crippen MR) is 181 cm³/mol. The van der Waals surface area contributed by atoms with E-state index in [1.807, 2.05) is 0 Å². The Morgan fingerprint density at radius 1 is 0.262 bits per heavy atom. The number of fused-ring (bicyclic) bond motifs is 3. The van der Waals surface area contributed by atoms with E-state index in [2.05, 4.69) is 0 Å². The lowest BCUT2D eigenvalue weighted by Crippen LogP contribution is -1.92. The van der Waals surface area contributed by atoms with Crippen molar-refractivity contribution < 1.29 is 38.4 Å². The van der Waals surface area contributed by atoms with E-state index in [1.54, 1.807) is 0 Å². The van der Waals surface area contributed by atoms with Crippen LogP contribution in [0.3, 0.4) is 0 Å². The fourth-order valence-corrected chi connectivity index (χ4v) is 4.59. The third kappa shape index (κ3) is 4.17. The van der Waals surface area contributed by atoms with Crippen molar-refractivity contribution in [2.75, 3.05) is 0 Å². The molecule has 0 heteroatoms. The van der Waals surface area contributed by atoms with Gasteiger partial charge in [-0.3, -0.25) is 0 Å². The lowest BCUT2D eigenvalue weighted by molar-refractivity contribution is 1.61. The molecule has 196 valence electrons. The fourth-order valence-electron chi connectivity index (χ4n) is 4.59. The highest BCUT2D eigenvalue weighted by atomic mass is 14.2. The first kappa shape index (κ1) is 9.02. The van der Waals surface area contributed by atoms with Gasteiger partial charge in [0.2, 0.25) is 0 Å². The highest BCUT2D eigenvalue weighted by Gasteiger charge is 2.18. The zero-order chi connectivity index (χ0) is 52.2. The van der Waals surface area contributed by atoms with Crippen LogP contribution in [0.25, 0.3) is 76.8 Å². The third-order valence-corrected chi connectivity index (χ3v) is 6.38. The van der Waals surface area contributed by atoms with E-state index >= 15 is 0 Å². The predicted octanol–water partition coefficient (Wildman–Crippen LogP) is 11.8. The second-order valence-electron chi connectivity index (χ2n) is 8.75. The van der Waals surface area contributed by atoms with E-state index < -0.39 is 246 Å². The van der Waals surface area contributed by atoms with Crippen molar-refractivity contribution in [2.45, 2.75) is 0 Å². The number of benzene rings is 8. The van der Waals surface area contributed by atoms with Crippen LogP contribution in [-0.2, 0) is 0 Å².